The topological polar surface area (TPSA) is 76.9 Å². The number of nitrogens with one attached hydrogen (secondary N) is 1. The van der Waals surface area contributed by atoms with Crippen LogP contribution in [-0.2, 0) is 11.3 Å². The lowest BCUT2D eigenvalue weighted by Gasteiger charge is -2.08. The monoisotopic (exact) mass is 314 g/mol. The number of carbonyl (C=O) groups excluding carboxylic acids is 1. The zero-order valence-electron chi connectivity index (χ0n) is 11.4. The van der Waals surface area contributed by atoms with Gasteiger partial charge in [-0.1, -0.05) is 23.7 Å². The average molecular weight is 315 g/mol. The van der Waals surface area contributed by atoms with Crippen LogP contribution in [0.25, 0.3) is 10.9 Å². The summed E-state index contributed by atoms with van der Waals surface area (Å²) >= 11 is 5.97. The number of carbonyl (C=O) groups is 1. The van der Waals surface area contributed by atoms with Crippen molar-refractivity contribution in [2.75, 3.05) is 5.32 Å². The standard InChI is InChI=1S/C15H11ClN4O2/c16-11-5-1-2-6-12(11)19-13(21)9-20-15(22)14-10(8-18-20)4-3-7-17-14/h1-8H,9H2,(H,19,21). The Balaban J connectivity index is 1.84. The minimum Gasteiger partial charge on any atom is -0.323 e. The Kier molecular flexibility index (Phi) is 3.84. The Morgan fingerprint density at radius 1 is 1.23 bits per heavy atom. The van der Waals surface area contributed by atoms with E-state index < -0.39 is 11.5 Å². The highest BCUT2D eigenvalue weighted by molar-refractivity contribution is 6.33. The lowest BCUT2D eigenvalue weighted by Crippen LogP contribution is -2.29. The largest absolute Gasteiger partial charge is 0.323 e. The highest BCUT2D eigenvalue weighted by atomic mass is 35.5. The molecule has 7 heteroatoms. The Labute approximate surface area is 130 Å². The second kappa shape index (κ2) is 5.95. The maximum atomic E-state index is 12.2. The summed E-state index contributed by atoms with van der Waals surface area (Å²) in [6.45, 7) is -0.212. The summed E-state index contributed by atoms with van der Waals surface area (Å²) in [5.74, 6) is -0.391. The van der Waals surface area contributed by atoms with Crippen molar-refractivity contribution < 1.29 is 4.79 Å². The number of pyridine rings is 1. The van der Waals surface area contributed by atoms with Gasteiger partial charge in [0.05, 0.1) is 16.9 Å². The second-order valence-electron chi connectivity index (χ2n) is 4.58. The molecule has 0 fully saturated rings. The number of anilines is 1. The van der Waals surface area contributed by atoms with Gasteiger partial charge in [-0.15, -0.1) is 0 Å². The molecule has 2 heterocycles. The number of nitrogens with zero attached hydrogens (tertiary/aromatic N) is 3. The fourth-order valence-corrected chi connectivity index (χ4v) is 2.19. The number of aromatic nitrogens is 3. The second-order valence-corrected chi connectivity index (χ2v) is 4.98. The van der Waals surface area contributed by atoms with E-state index in [2.05, 4.69) is 15.4 Å². The van der Waals surface area contributed by atoms with Crippen LogP contribution in [0, 0.1) is 0 Å². The van der Waals surface area contributed by atoms with E-state index >= 15 is 0 Å². The normalized spacial score (nSPS) is 10.6. The first kappa shape index (κ1) is 14.2. The summed E-state index contributed by atoms with van der Waals surface area (Å²) in [7, 11) is 0. The van der Waals surface area contributed by atoms with E-state index in [1.807, 2.05) is 0 Å². The molecule has 1 aromatic carbocycles. The van der Waals surface area contributed by atoms with Crippen molar-refractivity contribution in [1.29, 1.82) is 0 Å². The zero-order valence-corrected chi connectivity index (χ0v) is 12.1. The number of halogens is 1. The molecule has 0 atom stereocenters. The van der Waals surface area contributed by atoms with Crippen molar-refractivity contribution in [2.45, 2.75) is 6.54 Å². The molecule has 110 valence electrons. The van der Waals surface area contributed by atoms with E-state index in [1.165, 1.54) is 12.4 Å². The van der Waals surface area contributed by atoms with Crippen LogP contribution in [0.2, 0.25) is 5.02 Å². The number of benzene rings is 1. The summed E-state index contributed by atoms with van der Waals surface area (Å²) in [5.41, 5.74) is 0.358. The fraction of sp³-hybridized carbons (Fsp3) is 0.0667. The van der Waals surface area contributed by atoms with Crippen LogP contribution in [0.4, 0.5) is 5.69 Å². The van der Waals surface area contributed by atoms with E-state index in [0.717, 1.165) is 4.68 Å². The van der Waals surface area contributed by atoms with E-state index in [9.17, 15) is 9.59 Å². The summed E-state index contributed by atoms with van der Waals surface area (Å²) in [6.07, 6.45) is 3.03. The summed E-state index contributed by atoms with van der Waals surface area (Å²) in [5, 5.41) is 7.69. The van der Waals surface area contributed by atoms with Gasteiger partial charge >= 0.3 is 0 Å². The van der Waals surface area contributed by atoms with Crippen LogP contribution in [-0.4, -0.2) is 20.7 Å². The van der Waals surface area contributed by atoms with Crippen LogP contribution in [0.15, 0.2) is 53.6 Å². The molecule has 0 saturated carbocycles. The van der Waals surface area contributed by atoms with Crippen LogP contribution >= 0.6 is 11.6 Å². The predicted molar refractivity (Wildman–Crippen MR) is 83.9 cm³/mol. The lowest BCUT2D eigenvalue weighted by molar-refractivity contribution is -0.117. The summed E-state index contributed by atoms with van der Waals surface area (Å²) in [4.78, 5) is 28.3. The van der Waals surface area contributed by atoms with Crippen LogP contribution in [0.1, 0.15) is 0 Å². The molecular weight excluding hydrogens is 304 g/mol. The number of amides is 1. The third-order valence-electron chi connectivity index (χ3n) is 3.05. The molecule has 0 unspecified atom stereocenters. The number of hydrogen-bond acceptors (Lipinski definition) is 4. The van der Waals surface area contributed by atoms with Gasteiger partial charge in [0.2, 0.25) is 5.91 Å². The Morgan fingerprint density at radius 2 is 2.05 bits per heavy atom. The number of para-hydroxylation sites is 1. The third-order valence-corrected chi connectivity index (χ3v) is 3.38. The molecule has 0 aliphatic rings. The Morgan fingerprint density at radius 3 is 2.86 bits per heavy atom. The van der Waals surface area contributed by atoms with Gasteiger partial charge in [0.25, 0.3) is 5.56 Å². The van der Waals surface area contributed by atoms with E-state index in [1.54, 1.807) is 36.4 Å². The van der Waals surface area contributed by atoms with Crippen molar-refractivity contribution in [1.82, 2.24) is 14.8 Å². The van der Waals surface area contributed by atoms with Crippen molar-refractivity contribution in [3.05, 3.63) is 64.2 Å². The first-order chi connectivity index (χ1) is 10.6. The van der Waals surface area contributed by atoms with Gasteiger partial charge in [0, 0.05) is 11.6 Å². The zero-order chi connectivity index (χ0) is 15.5. The van der Waals surface area contributed by atoms with Crippen molar-refractivity contribution in [3.8, 4) is 0 Å². The first-order valence-corrected chi connectivity index (χ1v) is 6.88. The van der Waals surface area contributed by atoms with Crippen molar-refractivity contribution in [3.63, 3.8) is 0 Å². The molecule has 1 amide bonds. The molecule has 0 saturated heterocycles. The SMILES string of the molecule is O=C(Cn1ncc2cccnc2c1=O)Nc1ccccc1Cl. The van der Waals surface area contributed by atoms with Gasteiger partial charge in [-0.3, -0.25) is 14.6 Å². The summed E-state index contributed by atoms with van der Waals surface area (Å²) in [6, 6.07) is 10.3. The van der Waals surface area contributed by atoms with E-state index in [0.29, 0.717) is 16.1 Å². The molecule has 3 rings (SSSR count). The van der Waals surface area contributed by atoms with E-state index in [4.69, 9.17) is 11.6 Å². The third kappa shape index (κ3) is 2.82. The first-order valence-electron chi connectivity index (χ1n) is 6.50. The minimum absolute atomic E-state index is 0.212. The Bertz CT molecular complexity index is 907. The molecule has 0 aliphatic carbocycles. The van der Waals surface area contributed by atoms with Gasteiger partial charge in [0.1, 0.15) is 12.1 Å². The van der Waals surface area contributed by atoms with Crippen LogP contribution in [0.3, 0.4) is 0 Å². The Hall–Kier alpha value is -2.73. The van der Waals surface area contributed by atoms with Gasteiger partial charge < -0.3 is 5.32 Å². The molecule has 1 N–H and O–H groups in total. The van der Waals surface area contributed by atoms with Gasteiger partial charge in [-0.05, 0) is 24.3 Å². The molecule has 0 aliphatic heterocycles. The molecule has 3 aromatic rings. The maximum Gasteiger partial charge on any atom is 0.293 e. The van der Waals surface area contributed by atoms with E-state index in [-0.39, 0.29) is 12.1 Å². The molecular formula is C15H11ClN4O2. The molecule has 6 nitrogen and oxygen atoms in total. The molecule has 22 heavy (non-hydrogen) atoms. The number of rotatable bonds is 3. The van der Waals surface area contributed by atoms with Crippen molar-refractivity contribution in [2.24, 2.45) is 0 Å². The minimum atomic E-state index is -0.410. The average Bonchev–Trinajstić information content (AvgIpc) is 2.53. The van der Waals surface area contributed by atoms with Gasteiger partial charge in [-0.2, -0.15) is 5.10 Å². The maximum absolute atomic E-state index is 12.2. The smallest absolute Gasteiger partial charge is 0.293 e. The predicted octanol–water partition coefficient (Wildman–Crippen LogP) is 2.08. The van der Waals surface area contributed by atoms with Crippen molar-refractivity contribution >= 4 is 34.1 Å². The lowest BCUT2D eigenvalue weighted by atomic mass is 10.3. The molecule has 0 bridgehead atoms. The van der Waals surface area contributed by atoms with Crippen LogP contribution < -0.4 is 10.9 Å². The highest BCUT2D eigenvalue weighted by Crippen LogP contribution is 2.20. The molecule has 0 radical (unpaired) electrons. The van der Waals surface area contributed by atoms with Crippen LogP contribution in [0.5, 0.6) is 0 Å². The molecule has 0 spiro atoms. The summed E-state index contributed by atoms with van der Waals surface area (Å²) < 4.78 is 1.07. The molecule has 2 aromatic heterocycles. The highest BCUT2D eigenvalue weighted by Gasteiger charge is 2.10. The van der Waals surface area contributed by atoms with Gasteiger partial charge in [-0.25, -0.2) is 4.68 Å². The fourth-order valence-electron chi connectivity index (χ4n) is 2.01. The van der Waals surface area contributed by atoms with Gasteiger partial charge in [0.15, 0.2) is 0 Å². The quantitative estimate of drug-likeness (QED) is 0.803. The number of fused-ring (bicyclic) bond motifs is 1. The number of hydrogen-bond donors (Lipinski definition) is 1.